The minimum absolute atomic E-state index is 0.0497. The van der Waals surface area contributed by atoms with Crippen molar-refractivity contribution < 1.29 is 4.79 Å². The summed E-state index contributed by atoms with van der Waals surface area (Å²) in [5, 5.41) is 2.90. The van der Waals surface area contributed by atoms with Gasteiger partial charge < -0.3 is 9.88 Å². The van der Waals surface area contributed by atoms with Crippen molar-refractivity contribution in [3.05, 3.63) is 29.1 Å². The lowest BCUT2D eigenvalue weighted by Gasteiger charge is -2.17. The molecule has 0 unspecified atom stereocenters. The molecule has 0 saturated carbocycles. The van der Waals surface area contributed by atoms with Gasteiger partial charge in [0.1, 0.15) is 4.60 Å². The number of benzene rings is 1. The number of aryl methyl sites for hydroxylation is 1. The molecule has 2 heterocycles. The van der Waals surface area contributed by atoms with Gasteiger partial charge in [-0.25, -0.2) is 4.98 Å². The van der Waals surface area contributed by atoms with Crippen LogP contribution in [-0.2, 0) is 11.8 Å². The number of halogens is 1. The third kappa shape index (κ3) is 1.95. The van der Waals surface area contributed by atoms with Crippen molar-refractivity contribution in [3.8, 4) is 11.3 Å². The van der Waals surface area contributed by atoms with E-state index >= 15 is 0 Å². The number of nitrogens with zero attached hydrogens (tertiary/aromatic N) is 2. The number of rotatable bonds is 1. The van der Waals surface area contributed by atoms with Crippen molar-refractivity contribution in [2.45, 2.75) is 4.90 Å². The summed E-state index contributed by atoms with van der Waals surface area (Å²) in [4.78, 5) is 16.7. The number of fused-ring (bicyclic) bond motifs is 1. The highest BCUT2D eigenvalue weighted by Crippen LogP contribution is 2.36. The highest BCUT2D eigenvalue weighted by molar-refractivity contribution is 9.10. The molecule has 0 spiro atoms. The zero-order valence-corrected chi connectivity index (χ0v) is 12.0. The van der Waals surface area contributed by atoms with Gasteiger partial charge in [-0.3, -0.25) is 4.79 Å². The second-order valence-corrected chi connectivity index (χ2v) is 5.81. The number of amides is 1. The van der Waals surface area contributed by atoms with E-state index in [1.165, 1.54) is 0 Å². The van der Waals surface area contributed by atoms with Gasteiger partial charge in [0.15, 0.2) is 0 Å². The van der Waals surface area contributed by atoms with E-state index in [-0.39, 0.29) is 5.91 Å². The molecule has 1 aliphatic rings. The van der Waals surface area contributed by atoms with Crippen molar-refractivity contribution in [2.24, 2.45) is 7.05 Å². The lowest BCUT2D eigenvalue weighted by Crippen LogP contribution is -2.18. The molecular weight excluding hydrogens is 314 g/mol. The molecule has 0 fully saturated rings. The Balaban J connectivity index is 2.10. The summed E-state index contributed by atoms with van der Waals surface area (Å²) < 4.78 is 2.75. The molecule has 92 valence electrons. The van der Waals surface area contributed by atoms with Gasteiger partial charge in [-0.1, -0.05) is 6.07 Å². The Labute approximate surface area is 117 Å². The average Bonchev–Trinajstić information content (AvgIpc) is 2.68. The molecule has 0 saturated heterocycles. The maximum absolute atomic E-state index is 11.4. The molecule has 18 heavy (non-hydrogen) atoms. The monoisotopic (exact) mass is 323 g/mol. The van der Waals surface area contributed by atoms with Gasteiger partial charge in [-0.05, 0) is 28.1 Å². The number of hydrogen-bond acceptors (Lipinski definition) is 3. The van der Waals surface area contributed by atoms with E-state index in [9.17, 15) is 4.79 Å². The minimum atomic E-state index is 0.0497. The second kappa shape index (κ2) is 4.44. The van der Waals surface area contributed by atoms with Gasteiger partial charge in [0.25, 0.3) is 0 Å². The minimum Gasteiger partial charge on any atom is -0.333 e. The Morgan fingerprint density at radius 2 is 2.33 bits per heavy atom. The largest absolute Gasteiger partial charge is 0.333 e. The van der Waals surface area contributed by atoms with Crippen LogP contribution in [0.25, 0.3) is 11.3 Å². The fraction of sp³-hybridized carbons (Fsp3) is 0.167. The molecule has 6 heteroatoms. The molecule has 1 N–H and O–H groups in total. The van der Waals surface area contributed by atoms with Crippen LogP contribution in [0.15, 0.2) is 34.0 Å². The van der Waals surface area contributed by atoms with Crippen molar-refractivity contribution in [2.75, 3.05) is 11.1 Å². The van der Waals surface area contributed by atoms with E-state index in [0.29, 0.717) is 5.75 Å². The first-order valence-corrected chi connectivity index (χ1v) is 7.17. The van der Waals surface area contributed by atoms with E-state index in [1.807, 2.05) is 29.8 Å². The summed E-state index contributed by atoms with van der Waals surface area (Å²) in [7, 11) is 1.94. The lowest BCUT2D eigenvalue weighted by atomic mass is 10.1. The first kappa shape index (κ1) is 11.8. The van der Waals surface area contributed by atoms with Gasteiger partial charge in [0, 0.05) is 17.5 Å². The second-order valence-electron chi connectivity index (χ2n) is 4.04. The van der Waals surface area contributed by atoms with Crippen LogP contribution in [0.1, 0.15) is 0 Å². The van der Waals surface area contributed by atoms with Crippen molar-refractivity contribution in [1.29, 1.82) is 0 Å². The van der Waals surface area contributed by atoms with Crippen LogP contribution in [0.2, 0.25) is 0 Å². The fourth-order valence-corrected chi connectivity index (χ4v) is 3.34. The third-order valence-electron chi connectivity index (χ3n) is 2.78. The number of nitrogens with one attached hydrogen (secondary N) is 1. The molecule has 1 aliphatic heterocycles. The van der Waals surface area contributed by atoms with Gasteiger partial charge in [0.2, 0.25) is 5.91 Å². The Morgan fingerprint density at radius 1 is 1.50 bits per heavy atom. The molecule has 2 aromatic rings. The number of imidazole rings is 1. The fourth-order valence-electron chi connectivity index (χ4n) is 1.95. The predicted octanol–water partition coefficient (Wildman–Crippen LogP) is 2.89. The van der Waals surface area contributed by atoms with Crippen molar-refractivity contribution in [3.63, 3.8) is 0 Å². The van der Waals surface area contributed by atoms with Gasteiger partial charge in [0.05, 0.1) is 23.5 Å². The normalized spacial score (nSPS) is 14.2. The topological polar surface area (TPSA) is 46.9 Å². The maximum Gasteiger partial charge on any atom is 0.234 e. The molecule has 0 bridgehead atoms. The first-order chi connectivity index (χ1) is 8.65. The highest BCUT2D eigenvalue weighted by Gasteiger charge is 2.17. The van der Waals surface area contributed by atoms with Crippen molar-refractivity contribution in [1.82, 2.24) is 9.55 Å². The standard InChI is InChI=1S/C12H10BrN3OS/c1-16-6-14-12(13)11(16)7-2-3-9-8(4-7)15-10(17)5-18-9/h2-4,6H,5H2,1H3,(H,15,17). The van der Waals surface area contributed by atoms with Crippen LogP contribution in [0.4, 0.5) is 5.69 Å². The van der Waals surface area contributed by atoms with Crippen LogP contribution in [0.5, 0.6) is 0 Å². The van der Waals surface area contributed by atoms with Crippen LogP contribution >= 0.6 is 27.7 Å². The Bertz CT molecular complexity index is 619. The summed E-state index contributed by atoms with van der Waals surface area (Å²) in [6, 6.07) is 6.07. The van der Waals surface area contributed by atoms with E-state index in [0.717, 1.165) is 26.4 Å². The zero-order valence-electron chi connectivity index (χ0n) is 9.61. The summed E-state index contributed by atoms with van der Waals surface area (Å²) >= 11 is 5.00. The first-order valence-electron chi connectivity index (χ1n) is 5.39. The summed E-state index contributed by atoms with van der Waals surface area (Å²) in [6.45, 7) is 0. The Hall–Kier alpha value is -1.27. The number of carbonyl (C=O) groups excluding carboxylic acids is 1. The molecule has 1 amide bonds. The van der Waals surface area contributed by atoms with Crippen LogP contribution in [-0.4, -0.2) is 21.2 Å². The quantitative estimate of drug-likeness (QED) is 0.877. The van der Waals surface area contributed by atoms with Crippen LogP contribution in [0, 0.1) is 0 Å². The number of anilines is 1. The molecule has 3 rings (SSSR count). The maximum atomic E-state index is 11.4. The Kier molecular flexibility index (Phi) is 2.91. The Morgan fingerprint density at radius 3 is 3.06 bits per heavy atom. The van der Waals surface area contributed by atoms with Crippen LogP contribution < -0.4 is 5.32 Å². The summed E-state index contributed by atoms with van der Waals surface area (Å²) in [5.41, 5.74) is 2.91. The highest BCUT2D eigenvalue weighted by atomic mass is 79.9. The van der Waals surface area contributed by atoms with Crippen LogP contribution in [0.3, 0.4) is 0 Å². The number of aromatic nitrogens is 2. The molecular formula is C12H10BrN3OS. The molecule has 0 aliphatic carbocycles. The molecule has 0 radical (unpaired) electrons. The zero-order chi connectivity index (χ0) is 12.7. The van der Waals surface area contributed by atoms with E-state index < -0.39 is 0 Å². The molecule has 1 aromatic heterocycles. The summed E-state index contributed by atoms with van der Waals surface area (Å²) in [6.07, 6.45) is 1.76. The predicted molar refractivity (Wildman–Crippen MR) is 75.7 cm³/mol. The SMILES string of the molecule is Cn1cnc(Br)c1-c1ccc2c(c1)NC(=O)CS2. The molecule has 4 nitrogen and oxygen atoms in total. The van der Waals surface area contributed by atoms with Gasteiger partial charge in [-0.2, -0.15) is 0 Å². The molecule has 0 atom stereocenters. The number of thioether (sulfide) groups is 1. The van der Waals surface area contributed by atoms with Crippen molar-refractivity contribution >= 4 is 39.3 Å². The van der Waals surface area contributed by atoms with E-state index in [4.69, 9.17) is 0 Å². The van der Waals surface area contributed by atoms with Gasteiger partial charge >= 0.3 is 0 Å². The molecule has 1 aromatic carbocycles. The lowest BCUT2D eigenvalue weighted by molar-refractivity contribution is -0.113. The van der Waals surface area contributed by atoms with E-state index in [1.54, 1.807) is 18.1 Å². The number of hydrogen-bond donors (Lipinski definition) is 1. The average molecular weight is 324 g/mol. The summed E-state index contributed by atoms with van der Waals surface area (Å²) in [5.74, 6) is 0.538. The van der Waals surface area contributed by atoms with E-state index in [2.05, 4.69) is 26.2 Å². The third-order valence-corrected chi connectivity index (χ3v) is 4.43. The smallest absolute Gasteiger partial charge is 0.234 e. The number of carbonyl (C=O) groups is 1. The van der Waals surface area contributed by atoms with Gasteiger partial charge in [-0.15, -0.1) is 11.8 Å².